The lowest BCUT2D eigenvalue weighted by molar-refractivity contribution is -0.145. The van der Waals surface area contributed by atoms with E-state index >= 15 is 0 Å². The summed E-state index contributed by atoms with van der Waals surface area (Å²) < 4.78 is 11.5. The second-order valence-electron chi connectivity index (χ2n) is 8.32. The lowest BCUT2D eigenvalue weighted by Crippen LogP contribution is -2.39. The molecule has 0 fully saturated rings. The van der Waals surface area contributed by atoms with Gasteiger partial charge in [0.05, 0.1) is 11.6 Å². The van der Waals surface area contributed by atoms with Gasteiger partial charge in [0.1, 0.15) is 18.3 Å². The minimum absolute atomic E-state index is 0.0472. The summed E-state index contributed by atoms with van der Waals surface area (Å²) in [5.41, 5.74) is 2.79. The predicted molar refractivity (Wildman–Crippen MR) is 116 cm³/mol. The van der Waals surface area contributed by atoms with Gasteiger partial charge in [0.15, 0.2) is 5.78 Å². The van der Waals surface area contributed by atoms with Crippen molar-refractivity contribution in [3.63, 3.8) is 0 Å². The van der Waals surface area contributed by atoms with Crippen LogP contribution in [0.25, 0.3) is 0 Å². The van der Waals surface area contributed by atoms with Crippen molar-refractivity contribution < 1.29 is 19.1 Å². The second-order valence-corrected chi connectivity index (χ2v) is 9.18. The first kappa shape index (κ1) is 21.5. The Hall–Kier alpha value is -2.21. The van der Waals surface area contributed by atoms with Crippen LogP contribution in [0.2, 0.25) is 0 Å². The van der Waals surface area contributed by atoms with E-state index < -0.39 is 17.8 Å². The fourth-order valence-corrected chi connectivity index (χ4v) is 4.78. The molecule has 0 N–H and O–H groups in total. The van der Waals surface area contributed by atoms with Crippen LogP contribution in [0.4, 0.5) is 0 Å². The van der Waals surface area contributed by atoms with Gasteiger partial charge in [-0.15, -0.1) is 0 Å². The van der Waals surface area contributed by atoms with E-state index in [9.17, 15) is 9.59 Å². The van der Waals surface area contributed by atoms with Crippen molar-refractivity contribution in [2.24, 2.45) is 16.3 Å². The Balaban J connectivity index is 2.16. The number of benzene rings is 1. The number of ketones is 1. The largest absolute Gasteiger partial charge is 0.496 e. The zero-order chi connectivity index (χ0) is 21.3. The maximum absolute atomic E-state index is 13.2. The molecular weight excluding hydrogens is 434 g/mol. The molecule has 5 nitrogen and oxygen atoms in total. The Kier molecular flexibility index (Phi) is 6.13. The fourth-order valence-electron chi connectivity index (χ4n) is 4.22. The summed E-state index contributed by atoms with van der Waals surface area (Å²) in [5, 5.41) is 0. The summed E-state index contributed by atoms with van der Waals surface area (Å²) in [4.78, 5) is 30.8. The summed E-state index contributed by atoms with van der Waals surface area (Å²) in [6, 6.07) is 5.65. The zero-order valence-electron chi connectivity index (χ0n) is 17.3. The first-order valence-electron chi connectivity index (χ1n) is 9.61. The third kappa shape index (κ3) is 4.22. The number of halogens is 1. The molecule has 0 radical (unpaired) electrons. The first-order valence-corrected chi connectivity index (χ1v) is 10.4. The van der Waals surface area contributed by atoms with Gasteiger partial charge < -0.3 is 9.47 Å². The Morgan fingerprint density at radius 2 is 2.10 bits per heavy atom. The molecule has 1 aliphatic heterocycles. The molecular formula is C23H26BrNO4. The standard InChI is InChI=1S/C23H26BrNO4/c1-6-9-29-22(27)19-13(2)25-16-11-23(3,4)12-17(26)21(16)20(19)14-7-8-18(28-5)15(24)10-14/h6-8,10,19-20H,1,9,11-12H2,2-5H3/t19?,20-/m0/s1. The van der Waals surface area contributed by atoms with Gasteiger partial charge >= 0.3 is 5.97 Å². The summed E-state index contributed by atoms with van der Waals surface area (Å²) in [6.07, 6.45) is 2.67. The van der Waals surface area contributed by atoms with Crippen molar-refractivity contribution in [3.8, 4) is 5.75 Å². The lowest BCUT2D eigenvalue weighted by Gasteiger charge is -2.39. The van der Waals surface area contributed by atoms with Crippen LogP contribution in [0.15, 0.2) is 51.6 Å². The highest BCUT2D eigenvalue weighted by atomic mass is 79.9. The Morgan fingerprint density at radius 3 is 2.72 bits per heavy atom. The van der Waals surface area contributed by atoms with Crippen LogP contribution in [-0.4, -0.2) is 31.2 Å². The van der Waals surface area contributed by atoms with E-state index in [4.69, 9.17) is 14.5 Å². The number of hydrogen-bond donors (Lipinski definition) is 0. The van der Waals surface area contributed by atoms with Crippen LogP contribution < -0.4 is 4.74 Å². The first-order chi connectivity index (χ1) is 13.7. The number of nitrogens with zero attached hydrogens (tertiary/aromatic N) is 1. The van der Waals surface area contributed by atoms with Crippen LogP contribution >= 0.6 is 15.9 Å². The van der Waals surface area contributed by atoms with Gasteiger partial charge in [0.25, 0.3) is 0 Å². The molecule has 1 aromatic carbocycles. The number of Topliss-reactive ketones (excluding diaryl/α,β-unsaturated/α-hetero) is 1. The number of esters is 1. The van der Waals surface area contributed by atoms with Crippen molar-refractivity contribution >= 4 is 33.4 Å². The topological polar surface area (TPSA) is 65.0 Å². The van der Waals surface area contributed by atoms with E-state index in [0.29, 0.717) is 29.9 Å². The molecule has 1 heterocycles. The number of carbonyl (C=O) groups excluding carboxylic acids is 2. The number of allylic oxidation sites excluding steroid dienone is 2. The normalized spacial score (nSPS) is 23.2. The van der Waals surface area contributed by atoms with Crippen LogP contribution in [0.1, 0.15) is 45.1 Å². The van der Waals surface area contributed by atoms with Gasteiger partial charge in [-0.25, -0.2) is 0 Å². The van der Waals surface area contributed by atoms with E-state index in [1.807, 2.05) is 25.1 Å². The van der Waals surface area contributed by atoms with Gasteiger partial charge in [-0.2, -0.15) is 0 Å². The summed E-state index contributed by atoms with van der Waals surface area (Å²) in [7, 11) is 1.60. The number of rotatable bonds is 5. The van der Waals surface area contributed by atoms with Crippen molar-refractivity contribution in [1.29, 1.82) is 0 Å². The van der Waals surface area contributed by atoms with Gasteiger partial charge in [0, 0.05) is 29.3 Å². The van der Waals surface area contributed by atoms with Crippen molar-refractivity contribution in [2.45, 2.75) is 39.5 Å². The lowest BCUT2D eigenvalue weighted by atomic mass is 9.67. The minimum Gasteiger partial charge on any atom is -0.496 e. The van der Waals surface area contributed by atoms with Gasteiger partial charge in [0.2, 0.25) is 0 Å². The molecule has 6 heteroatoms. The van der Waals surface area contributed by atoms with E-state index in [1.165, 1.54) is 6.08 Å². The molecule has 154 valence electrons. The highest BCUT2D eigenvalue weighted by Gasteiger charge is 2.46. The van der Waals surface area contributed by atoms with Crippen molar-refractivity contribution in [1.82, 2.24) is 0 Å². The second kappa shape index (κ2) is 8.27. The summed E-state index contributed by atoms with van der Waals surface area (Å²) >= 11 is 3.52. The molecule has 0 saturated carbocycles. The number of carbonyl (C=O) groups is 2. The summed E-state index contributed by atoms with van der Waals surface area (Å²) in [6.45, 7) is 9.71. The molecule has 1 aromatic rings. The Bertz CT molecular complexity index is 929. The SMILES string of the molecule is C=CCOC(=O)C1C(C)=NC2=C(C(=O)CC(C)(C)C2)[C@H]1c1ccc(OC)c(Br)c1. The molecule has 1 unspecified atom stereocenters. The van der Waals surface area contributed by atoms with Crippen LogP contribution in [-0.2, 0) is 14.3 Å². The number of methoxy groups -OCH3 is 1. The zero-order valence-corrected chi connectivity index (χ0v) is 18.8. The third-order valence-corrected chi connectivity index (χ3v) is 6.05. The van der Waals surface area contributed by atoms with Crippen LogP contribution in [0, 0.1) is 11.3 Å². The smallest absolute Gasteiger partial charge is 0.315 e. The van der Waals surface area contributed by atoms with E-state index in [1.54, 1.807) is 7.11 Å². The highest BCUT2D eigenvalue weighted by Crippen LogP contribution is 2.48. The molecule has 0 spiro atoms. The van der Waals surface area contributed by atoms with Gasteiger partial charge in [-0.3, -0.25) is 14.6 Å². The molecule has 0 bridgehead atoms. The molecule has 0 saturated heterocycles. The maximum atomic E-state index is 13.2. The molecule has 2 atom stereocenters. The van der Waals surface area contributed by atoms with Crippen LogP contribution in [0.5, 0.6) is 5.75 Å². The molecule has 29 heavy (non-hydrogen) atoms. The quantitative estimate of drug-likeness (QED) is 0.458. The third-order valence-electron chi connectivity index (χ3n) is 5.43. The van der Waals surface area contributed by atoms with Crippen molar-refractivity contribution in [3.05, 3.63) is 52.2 Å². The summed E-state index contributed by atoms with van der Waals surface area (Å²) in [5.74, 6) is -0.756. The van der Waals surface area contributed by atoms with Crippen molar-refractivity contribution in [2.75, 3.05) is 13.7 Å². The van der Waals surface area contributed by atoms with Gasteiger partial charge in [-0.1, -0.05) is 32.6 Å². The number of aliphatic imine (C=N–C) groups is 1. The Morgan fingerprint density at radius 1 is 1.38 bits per heavy atom. The van der Waals surface area contributed by atoms with Crippen LogP contribution in [0.3, 0.4) is 0 Å². The molecule has 1 aliphatic carbocycles. The Labute approximate surface area is 180 Å². The molecule has 3 rings (SSSR count). The minimum atomic E-state index is -0.654. The maximum Gasteiger partial charge on any atom is 0.315 e. The molecule has 0 amide bonds. The predicted octanol–water partition coefficient (Wildman–Crippen LogP) is 5.00. The number of ether oxygens (including phenoxy) is 2. The average molecular weight is 460 g/mol. The van der Waals surface area contributed by atoms with E-state index in [-0.39, 0.29) is 17.8 Å². The van der Waals surface area contributed by atoms with Gasteiger partial charge in [-0.05, 0) is 52.4 Å². The van der Waals surface area contributed by atoms with E-state index in [2.05, 4.69) is 36.4 Å². The average Bonchev–Trinajstić information content (AvgIpc) is 2.63. The monoisotopic (exact) mass is 459 g/mol. The fraction of sp³-hybridized carbons (Fsp3) is 0.435. The molecule has 0 aromatic heterocycles. The molecule has 2 aliphatic rings. The highest BCUT2D eigenvalue weighted by molar-refractivity contribution is 9.10. The van der Waals surface area contributed by atoms with E-state index in [0.717, 1.165) is 15.7 Å². The number of hydrogen-bond acceptors (Lipinski definition) is 5.